The third-order valence-corrected chi connectivity index (χ3v) is 3.03. The number of carboxylic acids is 1. The highest BCUT2D eigenvalue weighted by Crippen LogP contribution is 2.25. The van der Waals surface area contributed by atoms with Gasteiger partial charge in [0.25, 0.3) is 0 Å². The number of nitrogens with one attached hydrogen (secondary N) is 2. The number of urea groups is 1. The molecule has 1 aromatic rings. The molecule has 0 saturated carbocycles. The molecular weight excluding hydrogens is 351 g/mol. The zero-order valence-electron chi connectivity index (χ0n) is 10.3. The van der Waals surface area contributed by atoms with Crippen LogP contribution in [-0.2, 0) is 9.59 Å². The highest BCUT2D eigenvalue weighted by Gasteiger charge is 2.10. The number of imide groups is 1. The molecule has 8 heteroatoms. The number of carbonyl (C=O) groups excluding carboxylic acids is 2. The Morgan fingerprint density at radius 3 is 2.55 bits per heavy atom. The molecule has 0 spiro atoms. The first-order valence-electron chi connectivity index (χ1n) is 5.66. The van der Waals surface area contributed by atoms with E-state index in [1.165, 1.54) is 0 Å². The van der Waals surface area contributed by atoms with Gasteiger partial charge in [-0.15, -0.1) is 0 Å². The second kappa shape index (κ2) is 7.86. The number of aliphatic carboxylic acids is 1. The monoisotopic (exact) mass is 362 g/mol. The molecule has 1 rings (SSSR count). The number of carboxylic acid groups (broad SMARTS) is 1. The van der Waals surface area contributed by atoms with Crippen LogP contribution in [0.15, 0.2) is 22.7 Å². The standard InChI is InChI=1S/C12H12BrClN2O4/c13-7-4-5-9(8(14)6-7)15-12(20)16-10(17)2-1-3-11(18)19/h4-6H,1-3H2,(H,18,19)(H2,15,16,17,20). The number of halogens is 2. The average molecular weight is 364 g/mol. The summed E-state index contributed by atoms with van der Waals surface area (Å²) in [5, 5.41) is 13.3. The first-order valence-corrected chi connectivity index (χ1v) is 6.83. The van der Waals surface area contributed by atoms with Crippen LogP contribution in [0.2, 0.25) is 5.02 Å². The highest BCUT2D eigenvalue weighted by molar-refractivity contribution is 9.10. The summed E-state index contributed by atoms with van der Waals surface area (Å²) in [6.07, 6.45) is 0.0227. The van der Waals surface area contributed by atoms with Gasteiger partial charge in [0, 0.05) is 17.3 Å². The maximum atomic E-state index is 11.5. The van der Waals surface area contributed by atoms with Crippen LogP contribution in [0, 0.1) is 0 Å². The topological polar surface area (TPSA) is 95.5 Å². The first-order chi connectivity index (χ1) is 9.38. The van der Waals surface area contributed by atoms with Crippen LogP contribution in [0.4, 0.5) is 10.5 Å². The average Bonchev–Trinajstić information content (AvgIpc) is 2.32. The van der Waals surface area contributed by atoms with Gasteiger partial charge in [-0.2, -0.15) is 0 Å². The summed E-state index contributed by atoms with van der Waals surface area (Å²) in [5.41, 5.74) is 0.366. The lowest BCUT2D eigenvalue weighted by Gasteiger charge is -2.08. The lowest BCUT2D eigenvalue weighted by atomic mass is 10.2. The number of rotatable bonds is 5. The molecule has 0 aromatic heterocycles. The summed E-state index contributed by atoms with van der Waals surface area (Å²) in [6.45, 7) is 0. The minimum absolute atomic E-state index is 0.0339. The Morgan fingerprint density at radius 2 is 1.95 bits per heavy atom. The van der Waals surface area contributed by atoms with Gasteiger partial charge < -0.3 is 10.4 Å². The minimum Gasteiger partial charge on any atom is -0.481 e. The number of anilines is 1. The smallest absolute Gasteiger partial charge is 0.325 e. The van der Waals surface area contributed by atoms with Crippen molar-refractivity contribution >= 4 is 51.1 Å². The SMILES string of the molecule is O=C(O)CCCC(=O)NC(=O)Nc1ccc(Br)cc1Cl. The van der Waals surface area contributed by atoms with Gasteiger partial charge in [0.05, 0.1) is 10.7 Å². The van der Waals surface area contributed by atoms with Crippen molar-refractivity contribution in [2.24, 2.45) is 0 Å². The van der Waals surface area contributed by atoms with Crippen molar-refractivity contribution in [2.75, 3.05) is 5.32 Å². The van der Waals surface area contributed by atoms with E-state index < -0.39 is 17.9 Å². The molecule has 0 radical (unpaired) electrons. The molecule has 6 nitrogen and oxygen atoms in total. The largest absolute Gasteiger partial charge is 0.481 e. The Bertz CT molecular complexity index is 536. The number of benzene rings is 1. The van der Waals surface area contributed by atoms with Crippen LogP contribution in [0.1, 0.15) is 19.3 Å². The second-order valence-corrected chi connectivity index (χ2v) is 5.20. The zero-order valence-corrected chi connectivity index (χ0v) is 12.6. The summed E-state index contributed by atoms with van der Waals surface area (Å²) in [7, 11) is 0. The number of hydrogen-bond donors (Lipinski definition) is 3. The van der Waals surface area contributed by atoms with Crippen LogP contribution in [0.5, 0.6) is 0 Å². The van der Waals surface area contributed by atoms with Gasteiger partial charge in [-0.25, -0.2) is 4.79 Å². The van der Waals surface area contributed by atoms with Crippen LogP contribution in [0.25, 0.3) is 0 Å². The molecule has 0 bridgehead atoms. The Hall–Kier alpha value is -1.60. The third kappa shape index (κ3) is 6.03. The van der Waals surface area contributed by atoms with E-state index in [1.807, 2.05) is 0 Å². The molecule has 0 fully saturated rings. The van der Waals surface area contributed by atoms with E-state index in [2.05, 4.69) is 26.6 Å². The Labute approximate surface area is 128 Å². The first kappa shape index (κ1) is 16.5. The summed E-state index contributed by atoms with van der Waals surface area (Å²) in [6, 6.07) is 4.16. The predicted octanol–water partition coefficient (Wildman–Crippen LogP) is 3.01. The van der Waals surface area contributed by atoms with Crippen molar-refractivity contribution in [2.45, 2.75) is 19.3 Å². The van der Waals surface area contributed by atoms with Crippen molar-refractivity contribution in [3.05, 3.63) is 27.7 Å². The lowest BCUT2D eigenvalue weighted by molar-refractivity contribution is -0.137. The van der Waals surface area contributed by atoms with Crippen molar-refractivity contribution in [1.82, 2.24) is 5.32 Å². The normalized spacial score (nSPS) is 9.90. The maximum Gasteiger partial charge on any atom is 0.325 e. The number of hydrogen-bond acceptors (Lipinski definition) is 3. The summed E-state index contributed by atoms with van der Waals surface area (Å²) in [4.78, 5) is 33.2. The molecule has 108 valence electrons. The molecule has 20 heavy (non-hydrogen) atoms. The van der Waals surface area contributed by atoms with Gasteiger partial charge in [0.1, 0.15) is 0 Å². The number of amides is 3. The summed E-state index contributed by atoms with van der Waals surface area (Å²) < 4.78 is 0.762. The molecule has 0 saturated heterocycles. The van der Waals surface area contributed by atoms with Crippen molar-refractivity contribution in [3.8, 4) is 0 Å². The van der Waals surface area contributed by atoms with E-state index in [4.69, 9.17) is 16.7 Å². The van der Waals surface area contributed by atoms with Crippen molar-refractivity contribution in [1.29, 1.82) is 0 Å². The van der Waals surface area contributed by atoms with Gasteiger partial charge in [0.2, 0.25) is 5.91 Å². The van der Waals surface area contributed by atoms with E-state index >= 15 is 0 Å². The Morgan fingerprint density at radius 1 is 1.25 bits per heavy atom. The van der Waals surface area contributed by atoms with Crippen LogP contribution < -0.4 is 10.6 Å². The van der Waals surface area contributed by atoms with E-state index in [1.54, 1.807) is 18.2 Å². The highest BCUT2D eigenvalue weighted by atomic mass is 79.9. The van der Waals surface area contributed by atoms with Gasteiger partial charge in [-0.1, -0.05) is 27.5 Å². The fourth-order valence-electron chi connectivity index (χ4n) is 1.33. The van der Waals surface area contributed by atoms with E-state index in [-0.39, 0.29) is 19.3 Å². The molecule has 1 aromatic carbocycles. The fraction of sp³-hybridized carbons (Fsp3) is 0.250. The lowest BCUT2D eigenvalue weighted by Crippen LogP contribution is -2.34. The van der Waals surface area contributed by atoms with Crippen LogP contribution in [0.3, 0.4) is 0 Å². The predicted molar refractivity (Wildman–Crippen MR) is 77.8 cm³/mol. The van der Waals surface area contributed by atoms with Crippen molar-refractivity contribution < 1.29 is 19.5 Å². The Balaban J connectivity index is 2.43. The minimum atomic E-state index is -0.983. The van der Waals surface area contributed by atoms with Gasteiger partial charge in [-0.05, 0) is 24.6 Å². The third-order valence-electron chi connectivity index (χ3n) is 2.23. The van der Waals surface area contributed by atoms with E-state index in [0.717, 1.165) is 4.47 Å². The summed E-state index contributed by atoms with van der Waals surface area (Å²) >= 11 is 9.13. The van der Waals surface area contributed by atoms with E-state index in [0.29, 0.717) is 10.7 Å². The molecule has 0 atom stereocenters. The summed E-state index contributed by atoms with van der Waals surface area (Å²) in [5.74, 6) is -1.53. The zero-order chi connectivity index (χ0) is 15.1. The molecule has 0 unspecified atom stereocenters. The molecule has 0 aliphatic rings. The molecular formula is C12H12BrClN2O4. The maximum absolute atomic E-state index is 11.5. The van der Waals surface area contributed by atoms with Crippen LogP contribution >= 0.6 is 27.5 Å². The number of carbonyl (C=O) groups is 3. The van der Waals surface area contributed by atoms with Gasteiger partial charge >= 0.3 is 12.0 Å². The Kier molecular flexibility index (Phi) is 6.47. The van der Waals surface area contributed by atoms with Crippen LogP contribution in [-0.4, -0.2) is 23.0 Å². The van der Waals surface area contributed by atoms with Crippen molar-refractivity contribution in [3.63, 3.8) is 0 Å². The molecule has 0 heterocycles. The fourth-order valence-corrected chi connectivity index (χ4v) is 2.05. The van der Waals surface area contributed by atoms with Gasteiger partial charge in [-0.3, -0.25) is 14.9 Å². The molecule has 0 aliphatic heterocycles. The molecule has 3 N–H and O–H groups in total. The molecule has 3 amide bonds. The quantitative estimate of drug-likeness (QED) is 0.749. The second-order valence-electron chi connectivity index (χ2n) is 3.87. The van der Waals surface area contributed by atoms with E-state index in [9.17, 15) is 14.4 Å². The van der Waals surface area contributed by atoms with Gasteiger partial charge in [0.15, 0.2) is 0 Å². The molecule has 0 aliphatic carbocycles.